The maximum atomic E-state index is 5.79. The molecule has 0 unspecified atom stereocenters. The molecule has 0 spiro atoms. The summed E-state index contributed by atoms with van der Waals surface area (Å²) < 4.78 is 2.13. The molecule has 1 aliphatic carbocycles. The van der Waals surface area contributed by atoms with Gasteiger partial charge in [0.05, 0.1) is 17.9 Å². The Morgan fingerprint density at radius 3 is 3.07 bits per heavy atom. The van der Waals surface area contributed by atoms with Gasteiger partial charge in [0.2, 0.25) is 0 Å². The summed E-state index contributed by atoms with van der Waals surface area (Å²) in [6, 6.07) is 0.831. The first-order valence-corrected chi connectivity index (χ1v) is 5.60. The smallest absolute Gasteiger partial charge is 0.0948 e. The number of aromatic nitrogens is 2. The van der Waals surface area contributed by atoms with Crippen LogP contribution in [-0.2, 0) is 12.4 Å². The van der Waals surface area contributed by atoms with Crippen molar-refractivity contribution in [3.05, 3.63) is 18.2 Å². The number of rotatable bonds is 5. The van der Waals surface area contributed by atoms with Gasteiger partial charge in [-0.2, -0.15) is 0 Å². The Morgan fingerprint density at radius 2 is 2.43 bits per heavy atom. The van der Waals surface area contributed by atoms with E-state index in [4.69, 9.17) is 11.6 Å². The lowest BCUT2D eigenvalue weighted by Gasteiger charge is -2.16. The fraction of sp³-hybridized carbons (Fsp3) is 0.700. The van der Waals surface area contributed by atoms with Crippen molar-refractivity contribution in [2.24, 2.45) is 0 Å². The average Bonchev–Trinajstić information content (AvgIpc) is 2.94. The maximum Gasteiger partial charge on any atom is 0.0948 e. The van der Waals surface area contributed by atoms with Crippen LogP contribution in [0, 0.1) is 0 Å². The van der Waals surface area contributed by atoms with Crippen molar-refractivity contribution < 1.29 is 0 Å². The molecule has 1 aromatic heterocycles. The molecule has 78 valence electrons. The highest BCUT2D eigenvalue weighted by Gasteiger charge is 2.25. The predicted octanol–water partition coefficient (Wildman–Crippen LogP) is 1.72. The molecule has 0 radical (unpaired) electrons. The minimum atomic E-state index is 0.549. The quantitative estimate of drug-likeness (QED) is 0.695. The molecular weight excluding hydrogens is 198 g/mol. The molecule has 14 heavy (non-hydrogen) atoms. The molecule has 1 heterocycles. The van der Waals surface area contributed by atoms with E-state index in [2.05, 4.69) is 21.5 Å². The third kappa shape index (κ3) is 2.28. The first kappa shape index (κ1) is 9.99. The SMILES string of the molecule is CN(CCn1cncc1CCl)C1CC1. The predicted molar refractivity (Wildman–Crippen MR) is 57.4 cm³/mol. The lowest BCUT2D eigenvalue weighted by atomic mass is 10.4. The van der Waals surface area contributed by atoms with Gasteiger partial charge in [0.15, 0.2) is 0 Å². The van der Waals surface area contributed by atoms with Crippen LogP contribution in [-0.4, -0.2) is 34.1 Å². The average molecular weight is 214 g/mol. The van der Waals surface area contributed by atoms with E-state index < -0.39 is 0 Å². The van der Waals surface area contributed by atoms with Gasteiger partial charge in [-0.05, 0) is 19.9 Å². The van der Waals surface area contributed by atoms with Gasteiger partial charge < -0.3 is 9.47 Å². The van der Waals surface area contributed by atoms with Crippen molar-refractivity contribution >= 4 is 11.6 Å². The molecule has 4 heteroatoms. The summed E-state index contributed by atoms with van der Waals surface area (Å²) in [5.41, 5.74) is 1.11. The van der Waals surface area contributed by atoms with Crippen LogP contribution in [0.25, 0.3) is 0 Å². The molecule has 1 saturated carbocycles. The lowest BCUT2D eigenvalue weighted by molar-refractivity contribution is 0.308. The normalized spacial score (nSPS) is 16.5. The molecular formula is C10H16ClN3. The highest BCUT2D eigenvalue weighted by atomic mass is 35.5. The zero-order chi connectivity index (χ0) is 9.97. The number of nitrogens with zero attached hydrogens (tertiary/aromatic N) is 3. The van der Waals surface area contributed by atoms with Gasteiger partial charge in [0.1, 0.15) is 0 Å². The van der Waals surface area contributed by atoms with Gasteiger partial charge in [0, 0.05) is 25.3 Å². The lowest BCUT2D eigenvalue weighted by Crippen LogP contribution is -2.25. The second-order valence-corrected chi connectivity index (χ2v) is 4.19. The molecule has 0 aromatic carbocycles. The van der Waals surface area contributed by atoms with E-state index in [1.54, 1.807) is 0 Å². The molecule has 0 bridgehead atoms. The minimum absolute atomic E-state index is 0.549. The Balaban J connectivity index is 1.84. The molecule has 1 fully saturated rings. The monoisotopic (exact) mass is 213 g/mol. The largest absolute Gasteiger partial charge is 0.332 e. The van der Waals surface area contributed by atoms with Crippen molar-refractivity contribution in [3.8, 4) is 0 Å². The molecule has 3 nitrogen and oxygen atoms in total. The number of alkyl halides is 1. The molecule has 1 aromatic rings. The Hall–Kier alpha value is -0.540. The van der Waals surface area contributed by atoms with Crippen LogP contribution in [0.1, 0.15) is 18.5 Å². The molecule has 0 atom stereocenters. The summed E-state index contributed by atoms with van der Waals surface area (Å²) in [4.78, 5) is 6.51. The first-order chi connectivity index (χ1) is 6.81. The summed E-state index contributed by atoms with van der Waals surface area (Å²) in [5.74, 6) is 0.549. The second-order valence-electron chi connectivity index (χ2n) is 3.92. The Morgan fingerprint density at radius 1 is 1.64 bits per heavy atom. The molecule has 1 aliphatic rings. The molecule has 0 saturated heterocycles. The van der Waals surface area contributed by atoms with E-state index in [1.807, 2.05) is 12.5 Å². The zero-order valence-electron chi connectivity index (χ0n) is 8.49. The van der Waals surface area contributed by atoms with Crippen LogP contribution < -0.4 is 0 Å². The van der Waals surface area contributed by atoms with Crippen molar-refractivity contribution in [1.29, 1.82) is 0 Å². The van der Waals surface area contributed by atoms with Crippen molar-refractivity contribution in [1.82, 2.24) is 14.5 Å². The van der Waals surface area contributed by atoms with Crippen molar-refractivity contribution in [2.75, 3.05) is 13.6 Å². The Bertz CT molecular complexity index is 293. The number of imidazole rings is 1. The summed E-state index contributed by atoms with van der Waals surface area (Å²) in [6.07, 6.45) is 6.42. The third-order valence-corrected chi connectivity index (χ3v) is 3.07. The third-order valence-electron chi connectivity index (χ3n) is 2.80. The Kier molecular flexibility index (Phi) is 3.08. The van der Waals surface area contributed by atoms with Gasteiger partial charge in [-0.25, -0.2) is 4.98 Å². The van der Waals surface area contributed by atoms with Gasteiger partial charge in [-0.1, -0.05) is 0 Å². The van der Waals surface area contributed by atoms with E-state index in [0.29, 0.717) is 5.88 Å². The Labute approximate surface area is 89.7 Å². The fourth-order valence-corrected chi connectivity index (χ4v) is 1.85. The molecule has 0 N–H and O–H groups in total. The van der Waals surface area contributed by atoms with Crippen molar-refractivity contribution in [2.45, 2.75) is 31.3 Å². The van der Waals surface area contributed by atoms with Gasteiger partial charge >= 0.3 is 0 Å². The number of halogens is 1. The second kappa shape index (κ2) is 4.32. The van der Waals surface area contributed by atoms with Crippen LogP contribution in [0.2, 0.25) is 0 Å². The maximum absolute atomic E-state index is 5.79. The molecule has 2 rings (SSSR count). The summed E-state index contributed by atoms with van der Waals surface area (Å²) in [7, 11) is 2.19. The summed E-state index contributed by atoms with van der Waals surface area (Å²) in [5, 5.41) is 0. The van der Waals surface area contributed by atoms with E-state index in [0.717, 1.165) is 24.8 Å². The van der Waals surface area contributed by atoms with E-state index in [1.165, 1.54) is 12.8 Å². The van der Waals surface area contributed by atoms with Gasteiger partial charge in [0.25, 0.3) is 0 Å². The van der Waals surface area contributed by atoms with Crippen LogP contribution in [0.5, 0.6) is 0 Å². The summed E-state index contributed by atoms with van der Waals surface area (Å²) >= 11 is 5.79. The standard InChI is InChI=1S/C10H16ClN3/c1-13(9-2-3-9)4-5-14-8-12-7-10(14)6-11/h7-9H,2-6H2,1H3. The van der Waals surface area contributed by atoms with E-state index in [-0.39, 0.29) is 0 Å². The topological polar surface area (TPSA) is 21.1 Å². The fourth-order valence-electron chi connectivity index (χ4n) is 1.62. The van der Waals surface area contributed by atoms with Crippen LogP contribution in [0.4, 0.5) is 0 Å². The number of hydrogen-bond acceptors (Lipinski definition) is 2. The van der Waals surface area contributed by atoms with E-state index >= 15 is 0 Å². The van der Waals surface area contributed by atoms with Crippen LogP contribution in [0.3, 0.4) is 0 Å². The van der Waals surface area contributed by atoms with Gasteiger partial charge in [-0.3, -0.25) is 0 Å². The number of likely N-dealkylation sites (N-methyl/N-ethyl adjacent to an activating group) is 1. The van der Waals surface area contributed by atoms with Crippen LogP contribution >= 0.6 is 11.6 Å². The van der Waals surface area contributed by atoms with Crippen molar-refractivity contribution in [3.63, 3.8) is 0 Å². The molecule has 0 aliphatic heterocycles. The van der Waals surface area contributed by atoms with Gasteiger partial charge in [-0.15, -0.1) is 11.6 Å². The highest BCUT2D eigenvalue weighted by Crippen LogP contribution is 2.24. The summed E-state index contributed by atoms with van der Waals surface area (Å²) in [6.45, 7) is 2.08. The minimum Gasteiger partial charge on any atom is -0.332 e. The van der Waals surface area contributed by atoms with Crippen LogP contribution in [0.15, 0.2) is 12.5 Å². The highest BCUT2D eigenvalue weighted by molar-refractivity contribution is 6.16. The first-order valence-electron chi connectivity index (χ1n) is 5.06. The molecule has 0 amide bonds. The zero-order valence-corrected chi connectivity index (χ0v) is 9.24. The van der Waals surface area contributed by atoms with E-state index in [9.17, 15) is 0 Å². The number of hydrogen-bond donors (Lipinski definition) is 0.